The average molecular weight is 535 g/mol. The zero-order valence-corrected chi connectivity index (χ0v) is 23.0. The van der Waals surface area contributed by atoms with Crippen molar-refractivity contribution >= 4 is 44.3 Å². The molecule has 38 heavy (non-hydrogen) atoms. The molecule has 4 aromatic rings. The van der Waals surface area contributed by atoms with Crippen molar-refractivity contribution in [3.05, 3.63) is 41.0 Å². The lowest BCUT2D eigenvalue weighted by molar-refractivity contribution is -0.129. The molecule has 6 rings (SSSR count). The molecule has 1 amide bonds. The van der Waals surface area contributed by atoms with Crippen molar-refractivity contribution in [3.8, 4) is 5.95 Å². The number of imidazole rings is 1. The van der Waals surface area contributed by atoms with Gasteiger partial charge in [0.25, 0.3) is 0 Å². The van der Waals surface area contributed by atoms with Crippen molar-refractivity contribution in [3.63, 3.8) is 0 Å². The molecule has 3 aromatic heterocycles. The summed E-state index contributed by atoms with van der Waals surface area (Å²) >= 11 is 1.77. The van der Waals surface area contributed by atoms with Gasteiger partial charge in [0.05, 0.1) is 40.0 Å². The first-order chi connectivity index (χ1) is 18.3. The molecule has 0 bridgehead atoms. The molecule has 2 aliphatic rings. The average Bonchev–Trinajstić information content (AvgIpc) is 3.48. The number of benzene rings is 1. The summed E-state index contributed by atoms with van der Waals surface area (Å²) in [5, 5.41) is 0. The Balaban J connectivity index is 1.33. The monoisotopic (exact) mass is 534 g/mol. The number of amides is 1. The number of anilines is 1. The normalized spacial score (nSPS) is 18.0. The van der Waals surface area contributed by atoms with Crippen LogP contribution in [0.3, 0.4) is 0 Å². The second kappa shape index (κ2) is 9.88. The van der Waals surface area contributed by atoms with E-state index in [4.69, 9.17) is 25.4 Å². The van der Waals surface area contributed by atoms with Crippen molar-refractivity contribution in [1.29, 1.82) is 0 Å². The highest BCUT2D eigenvalue weighted by Gasteiger charge is 2.34. The van der Waals surface area contributed by atoms with Gasteiger partial charge in [-0.15, -0.1) is 11.3 Å². The lowest BCUT2D eigenvalue weighted by Gasteiger charge is -2.42. The minimum absolute atomic E-state index is 0.276. The second-order valence-electron chi connectivity index (χ2n) is 10.5. The van der Waals surface area contributed by atoms with Gasteiger partial charge in [-0.05, 0) is 39.0 Å². The highest BCUT2D eigenvalue weighted by molar-refractivity contribution is 7.19. The number of ether oxygens (including phenoxy) is 1. The molecule has 10 nitrogen and oxygen atoms in total. The van der Waals surface area contributed by atoms with Crippen molar-refractivity contribution in [2.24, 2.45) is 5.73 Å². The molecule has 2 aliphatic heterocycles. The van der Waals surface area contributed by atoms with Crippen LogP contribution < -0.4 is 10.6 Å². The number of carbonyl (C=O) groups excluding carboxylic acids is 1. The summed E-state index contributed by atoms with van der Waals surface area (Å²) < 4.78 is 8.79. The number of aryl methyl sites for hydroxylation is 1. The van der Waals surface area contributed by atoms with Crippen LogP contribution in [0, 0.1) is 6.92 Å². The zero-order valence-electron chi connectivity index (χ0n) is 22.2. The molecule has 11 heteroatoms. The van der Waals surface area contributed by atoms with Gasteiger partial charge in [-0.1, -0.05) is 12.1 Å². The molecule has 0 spiro atoms. The third-order valence-electron chi connectivity index (χ3n) is 7.78. The van der Waals surface area contributed by atoms with Crippen LogP contribution in [-0.4, -0.2) is 93.2 Å². The number of nitrogens with two attached hydrogens (primary N) is 1. The predicted molar refractivity (Wildman–Crippen MR) is 150 cm³/mol. The van der Waals surface area contributed by atoms with Gasteiger partial charge in [-0.3, -0.25) is 19.2 Å². The minimum Gasteiger partial charge on any atom is -0.378 e. The fourth-order valence-electron chi connectivity index (χ4n) is 5.36. The number of para-hydroxylation sites is 2. The predicted octanol–water partition coefficient (Wildman–Crippen LogP) is 2.56. The Morgan fingerprint density at radius 1 is 1.03 bits per heavy atom. The van der Waals surface area contributed by atoms with E-state index in [9.17, 15) is 4.79 Å². The third kappa shape index (κ3) is 4.53. The molecule has 2 fully saturated rings. The second-order valence-corrected chi connectivity index (χ2v) is 11.7. The van der Waals surface area contributed by atoms with E-state index in [1.54, 1.807) is 11.3 Å². The molecule has 1 aromatic carbocycles. The van der Waals surface area contributed by atoms with Crippen LogP contribution in [0.15, 0.2) is 30.3 Å². The molecule has 0 aliphatic carbocycles. The Kier molecular flexibility index (Phi) is 6.55. The van der Waals surface area contributed by atoms with Gasteiger partial charge in [0.15, 0.2) is 5.82 Å². The number of fused-ring (bicyclic) bond motifs is 2. The van der Waals surface area contributed by atoms with E-state index < -0.39 is 5.54 Å². The molecular weight excluding hydrogens is 500 g/mol. The zero-order chi connectivity index (χ0) is 26.4. The van der Waals surface area contributed by atoms with E-state index in [1.807, 2.05) is 39.0 Å². The van der Waals surface area contributed by atoms with E-state index in [0.29, 0.717) is 19.2 Å². The number of thiophene rings is 1. The summed E-state index contributed by atoms with van der Waals surface area (Å²) in [6.45, 7) is 13.1. The van der Waals surface area contributed by atoms with Crippen LogP contribution in [0.5, 0.6) is 0 Å². The van der Waals surface area contributed by atoms with Gasteiger partial charge in [0.1, 0.15) is 5.82 Å². The summed E-state index contributed by atoms with van der Waals surface area (Å²) in [5.74, 6) is 2.21. The van der Waals surface area contributed by atoms with Crippen molar-refractivity contribution < 1.29 is 9.53 Å². The van der Waals surface area contributed by atoms with E-state index >= 15 is 0 Å². The maximum absolute atomic E-state index is 11.9. The number of hydrogen-bond acceptors (Lipinski definition) is 9. The van der Waals surface area contributed by atoms with E-state index in [-0.39, 0.29) is 5.91 Å². The number of piperazine rings is 1. The summed E-state index contributed by atoms with van der Waals surface area (Å²) in [5.41, 5.74) is 7.92. The molecule has 200 valence electrons. The van der Waals surface area contributed by atoms with Crippen molar-refractivity contribution in [2.75, 3.05) is 57.4 Å². The number of primary amides is 1. The number of aromatic nitrogens is 4. The maximum atomic E-state index is 11.9. The molecule has 2 saturated heterocycles. The molecular formula is C27H34N8O2S. The topological polar surface area (TPSA) is 106 Å². The highest BCUT2D eigenvalue weighted by Crippen LogP contribution is 2.35. The first kappa shape index (κ1) is 25.2. The number of rotatable bonds is 6. The third-order valence-corrected chi connectivity index (χ3v) is 8.88. The Bertz CT molecular complexity index is 1480. The number of hydrogen-bond donors (Lipinski definition) is 1. The molecule has 0 saturated carbocycles. The Hall–Kier alpha value is -3.12. The first-order valence-electron chi connectivity index (χ1n) is 13.2. The summed E-state index contributed by atoms with van der Waals surface area (Å²) in [6.07, 6.45) is 0. The summed E-state index contributed by atoms with van der Waals surface area (Å²) in [6, 6.07) is 10.3. The van der Waals surface area contributed by atoms with Gasteiger partial charge in [-0.25, -0.2) is 9.97 Å². The SMILES string of the molecule is Cc1nc2ccccc2n1-c1nc(N2CCOCC2)c2sc(CN3CCN(C(C)(C)C(N)=O)CC3)cc2n1. The quantitative estimate of drug-likeness (QED) is 0.402. The fourth-order valence-corrected chi connectivity index (χ4v) is 6.51. The minimum atomic E-state index is -0.627. The van der Waals surface area contributed by atoms with E-state index in [0.717, 1.165) is 78.7 Å². The van der Waals surface area contributed by atoms with Crippen molar-refractivity contribution in [1.82, 2.24) is 29.3 Å². The lowest BCUT2D eigenvalue weighted by atomic mass is 10.0. The van der Waals surface area contributed by atoms with Gasteiger partial charge in [-0.2, -0.15) is 4.98 Å². The van der Waals surface area contributed by atoms with Crippen molar-refractivity contribution in [2.45, 2.75) is 32.9 Å². The molecule has 0 unspecified atom stereocenters. The van der Waals surface area contributed by atoms with Crippen LogP contribution in [0.4, 0.5) is 5.82 Å². The summed E-state index contributed by atoms with van der Waals surface area (Å²) in [7, 11) is 0. The Labute approximate surface area is 226 Å². The van der Waals surface area contributed by atoms with Gasteiger partial charge < -0.3 is 15.4 Å². The largest absolute Gasteiger partial charge is 0.378 e. The molecule has 0 radical (unpaired) electrons. The van der Waals surface area contributed by atoms with Crippen LogP contribution in [0.25, 0.3) is 27.2 Å². The van der Waals surface area contributed by atoms with Gasteiger partial charge >= 0.3 is 0 Å². The summed E-state index contributed by atoms with van der Waals surface area (Å²) in [4.78, 5) is 35.0. The number of morpholine rings is 1. The highest BCUT2D eigenvalue weighted by atomic mass is 32.1. The standard InChI is InChI=1S/C27H34N8O2S/c1-18-29-20-6-4-5-7-22(20)35(18)26-30-21-16-19(38-23(21)24(31-26)33-12-14-37-15-13-33)17-32-8-10-34(11-9-32)27(2,3)25(28)36/h4-7,16H,8-15,17H2,1-3H3,(H2,28,36). The lowest BCUT2D eigenvalue weighted by Crippen LogP contribution is -2.59. The molecule has 5 heterocycles. The van der Waals surface area contributed by atoms with E-state index in [2.05, 4.69) is 31.4 Å². The van der Waals surface area contributed by atoms with Crippen LogP contribution in [0.1, 0.15) is 24.5 Å². The Morgan fingerprint density at radius 2 is 1.76 bits per heavy atom. The number of carbonyl (C=O) groups is 1. The van der Waals surface area contributed by atoms with E-state index in [1.165, 1.54) is 4.88 Å². The van der Waals surface area contributed by atoms with Crippen LogP contribution >= 0.6 is 11.3 Å². The van der Waals surface area contributed by atoms with Crippen LogP contribution in [-0.2, 0) is 16.1 Å². The van der Waals surface area contributed by atoms with Gasteiger partial charge in [0, 0.05) is 50.7 Å². The first-order valence-corrected chi connectivity index (χ1v) is 14.0. The van der Waals surface area contributed by atoms with Gasteiger partial charge in [0.2, 0.25) is 11.9 Å². The molecule has 0 atom stereocenters. The number of nitrogens with zero attached hydrogens (tertiary/aromatic N) is 7. The fraction of sp³-hybridized carbons (Fsp3) is 0.481. The smallest absolute Gasteiger partial charge is 0.238 e. The van der Waals surface area contributed by atoms with Crippen LogP contribution in [0.2, 0.25) is 0 Å². The maximum Gasteiger partial charge on any atom is 0.238 e. The Morgan fingerprint density at radius 3 is 2.50 bits per heavy atom. The molecule has 2 N–H and O–H groups in total.